The fourth-order valence-electron chi connectivity index (χ4n) is 3.57. The molecular weight excluding hydrogens is 392 g/mol. The third kappa shape index (κ3) is 5.34. The number of carbonyl (C=O) groups excluding carboxylic acids is 1. The van der Waals surface area contributed by atoms with Crippen LogP contribution in [0.4, 0.5) is 5.69 Å². The number of hydrogen-bond donors (Lipinski definition) is 2. The number of fused-ring (bicyclic) bond motifs is 1. The van der Waals surface area contributed by atoms with Gasteiger partial charge in [-0.05, 0) is 49.7 Å². The topological polar surface area (TPSA) is 61.2 Å². The third-order valence-electron chi connectivity index (χ3n) is 4.90. The van der Waals surface area contributed by atoms with Gasteiger partial charge >= 0.3 is 0 Å². The molecule has 1 aliphatic heterocycles. The molecule has 2 aromatic carbocycles. The molecule has 0 aromatic heterocycles. The number of hydrogen-bond acceptors (Lipinski definition) is 4. The zero-order valence-corrected chi connectivity index (χ0v) is 17.9. The molecule has 7 heteroatoms. The van der Waals surface area contributed by atoms with Crippen LogP contribution in [0.15, 0.2) is 30.3 Å². The van der Waals surface area contributed by atoms with Crippen LogP contribution in [0.3, 0.4) is 0 Å². The SMILES string of the molecule is CCOc1cc2c(cc1OCC)C[NH+](CC(=O)Nc1ccc(OC)c(Cl)c1)CC2. The Bertz CT molecular complexity index is 872. The van der Waals surface area contributed by atoms with E-state index in [0.29, 0.717) is 36.2 Å². The number of benzene rings is 2. The first-order chi connectivity index (χ1) is 14.0. The number of quaternary nitrogens is 1. The average molecular weight is 420 g/mol. The van der Waals surface area contributed by atoms with E-state index in [1.807, 2.05) is 13.8 Å². The lowest BCUT2D eigenvalue weighted by Gasteiger charge is -2.26. The number of halogens is 1. The van der Waals surface area contributed by atoms with Crippen molar-refractivity contribution in [3.63, 3.8) is 0 Å². The van der Waals surface area contributed by atoms with Gasteiger partial charge in [-0.3, -0.25) is 4.79 Å². The van der Waals surface area contributed by atoms with Gasteiger partial charge in [-0.25, -0.2) is 0 Å². The molecule has 2 aromatic rings. The lowest BCUT2D eigenvalue weighted by atomic mass is 9.98. The third-order valence-corrected chi connectivity index (χ3v) is 5.20. The molecule has 0 spiro atoms. The molecule has 6 nitrogen and oxygen atoms in total. The fraction of sp³-hybridized carbons (Fsp3) is 0.409. The van der Waals surface area contributed by atoms with Crippen molar-refractivity contribution in [1.29, 1.82) is 0 Å². The van der Waals surface area contributed by atoms with E-state index in [1.165, 1.54) is 16.0 Å². The smallest absolute Gasteiger partial charge is 0.279 e. The summed E-state index contributed by atoms with van der Waals surface area (Å²) in [7, 11) is 1.56. The molecule has 3 rings (SSSR count). The first-order valence-corrected chi connectivity index (χ1v) is 10.3. The van der Waals surface area contributed by atoms with Gasteiger partial charge in [0.25, 0.3) is 5.91 Å². The molecule has 1 heterocycles. The molecule has 0 aliphatic carbocycles. The van der Waals surface area contributed by atoms with Crippen LogP contribution in [0.2, 0.25) is 5.02 Å². The molecule has 1 atom stereocenters. The summed E-state index contributed by atoms with van der Waals surface area (Å²) in [6, 6.07) is 9.37. The predicted octanol–water partition coefficient (Wildman–Crippen LogP) is 2.73. The first-order valence-electron chi connectivity index (χ1n) is 9.92. The summed E-state index contributed by atoms with van der Waals surface area (Å²) in [6.45, 7) is 7.18. The van der Waals surface area contributed by atoms with Gasteiger partial charge in [0, 0.05) is 17.7 Å². The van der Waals surface area contributed by atoms with E-state index in [4.69, 9.17) is 25.8 Å². The van der Waals surface area contributed by atoms with E-state index >= 15 is 0 Å². The van der Waals surface area contributed by atoms with Gasteiger partial charge in [0.1, 0.15) is 12.3 Å². The molecule has 1 aliphatic rings. The second-order valence-electron chi connectivity index (χ2n) is 6.93. The second kappa shape index (κ2) is 9.85. The van der Waals surface area contributed by atoms with Crippen LogP contribution >= 0.6 is 11.6 Å². The van der Waals surface area contributed by atoms with Crippen LogP contribution in [-0.4, -0.2) is 39.3 Å². The number of rotatable bonds is 8. The Morgan fingerprint density at radius 3 is 2.38 bits per heavy atom. The minimum atomic E-state index is -0.0411. The lowest BCUT2D eigenvalue weighted by Crippen LogP contribution is -3.12. The molecule has 0 saturated carbocycles. The van der Waals surface area contributed by atoms with Crippen molar-refractivity contribution in [3.05, 3.63) is 46.5 Å². The maximum absolute atomic E-state index is 12.5. The van der Waals surface area contributed by atoms with Crippen LogP contribution in [0, 0.1) is 0 Å². The van der Waals surface area contributed by atoms with E-state index in [9.17, 15) is 4.79 Å². The highest BCUT2D eigenvalue weighted by molar-refractivity contribution is 6.32. The highest BCUT2D eigenvalue weighted by atomic mass is 35.5. The Hall–Kier alpha value is -2.44. The van der Waals surface area contributed by atoms with Crippen molar-refractivity contribution in [3.8, 4) is 17.2 Å². The monoisotopic (exact) mass is 419 g/mol. The zero-order chi connectivity index (χ0) is 20.8. The minimum Gasteiger partial charge on any atom is -0.495 e. The van der Waals surface area contributed by atoms with Crippen molar-refractivity contribution in [1.82, 2.24) is 0 Å². The molecule has 29 heavy (non-hydrogen) atoms. The summed E-state index contributed by atoms with van der Waals surface area (Å²) in [6.07, 6.45) is 0.902. The van der Waals surface area contributed by atoms with Gasteiger partial charge in [0.05, 0.1) is 31.9 Å². The fourth-order valence-corrected chi connectivity index (χ4v) is 3.83. The first kappa shape index (κ1) is 21.3. The van der Waals surface area contributed by atoms with Gasteiger partial charge in [-0.2, -0.15) is 0 Å². The Morgan fingerprint density at radius 1 is 1.07 bits per heavy atom. The summed E-state index contributed by atoms with van der Waals surface area (Å²) in [5.41, 5.74) is 3.14. The van der Waals surface area contributed by atoms with E-state index in [2.05, 4.69) is 17.4 Å². The number of nitrogens with one attached hydrogen (secondary N) is 2. The number of amides is 1. The summed E-state index contributed by atoms with van der Waals surface area (Å²) in [5.74, 6) is 2.11. The zero-order valence-electron chi connectivity index (χ0n) is 17.1. The molecule has 1 amide bonds. The van der Waals surface area contributed by atoms with E-state index in [0.717, 1.165) is 31.0 Å². The van der Waals surface area contributed by atoms with Crippen molar-refractivity contribution in [2.24, 2.45) is 0 Å². The minimum absolute atomic E-state index is 0.0411. The van der Waals surface area contributed by atoms with Gasteiger partial charge in [0.2, 0.25) is 0 Å². The van der Waals surface area contributed by atoms with E-state index in [1.54, 1.807) is 25.3 Å². The summed E-state index contributed by atoms with van der Waals surface area (Å²) < 4.78 is 16.6. The van der Waals surface area contributed by atoms with E-state index in [-0.39, 0.29) is 5.91 Å². The van der Waals surface area contributed by atoms with Gasteiger partial charge < -0.3 is 24.4 Å². The predicted molar refractivity (Wildman–Crippen MR) is 114 cm³/mol. The Morgan fingerprint density at radius 2 is 1.76 bits per heavy atom. The van der Waals surface area contributed by atoms with Crippen molar-refractivity contribution < 1.29 is 23.9 Å². The normalized spacial score (nSPS) is 15.4. The molecule has 1 unspecified atom stereocenters. The molecule has 156 valence electrons. The second-order valence-corrected chi connectivity index (χ2v) is 7.34. The maximum atomic E-state index is 12.5. The Labute approximate surface area is 176 Å². The number of methoxy groups -OCH3 is 1. The van der Waals surface area contributed by atoms with Gasteiger partial charge in [-0.1, -0.05) is 11.6 Å². The van der Waals surface area contributed by atoms with Crippen molar-refractivity contribution in [2.75, 3.05) is 38.7 Å². The summed E-state index contributed by atoms with van der Waals surface area (Å²) in [5, 5.41) is 3.39. The highest BCUT2D eigenvalue weighted by Crippen LogP contribution is 2.32. The van der Waals surface area contributed by atoms with Gasteiger partial charge in [0.15, 0.2) is 18.0 Å². The standard InChI is InChI=1S/C22H27ClN2O4/c1-4-28-20-10-15-8-9-25(13-16(15)11-21(20)29-5-2)14-22(26)24-17-6-7-19(27-3)18(23)12-17/h6-7,10-12H,4-5,8-9,13-14H2,1-3H3,(H,24,26)/p+1. The molecule has 2 N–H and O–H groups in total. The maximum Gasteiger partial charge on any atom is 0.279 e. The summed E-state index contributed by atoms with van der Waals surface area (Å²) in [4.78, 5) is 13.7. The van der Waals surface area contributed by atoms with Crippen molar-refractivity contribution in [2.45, 2.75) is 26.8 Å². The van der Waals surface area contributed by atoms with Crippen LogP contribution in [0.1, 0.15) is 25.0 Å². The lowest BCUT2D eigenvalue weighted by molar-refractivity contribution is -0.907. The number of anilines is 1. The summed E-state index contributed by atoms with van der Waals surface area (Å²) >= 11 is 6.13. The van der Waals surface area contributed by atoms with Gasteiger partial charge in [-0.15, -0.1) is 0 Å². The molecular formula is C22H28ClN2O4+. The molecule has 0 saturated heterocycles. The van der Waals surface area contributed by atoms with Crippen LogP contribution in [0.25, 0.3) is 0 Å². The quantitative estimate of drug-likeness (QED) is 0.690. The molecule has 0 radical (unpaired) electrons. The largest absolute Gasteiger partial charge is 0.495 e. The van der Waals surface area contributed by atoms with Crippen LogP contribution in [-0.2, 0) is 17.8 Å². The number of carbonyl (C=O) groups is 1. The van der Waals surface area contributed by atoms with E-state index < -0.39 is 0 Å². The molecule has 0 fully saturated rings. The average Bonchev–Trinajstić information content (AvgIpc) is 2.69. The van der Waals surface area contributed by atoms with Crippen LogP contribution < -0.4 is 24.4 Å². The number of ether oxygens (including phenoxy) is 3. The highest BCUT2D eigenvalue weighted by Gasteiger charge is 2.24. The molecule has 0 bridgehead atoms. The Kier molecular flexibility index (Phi) is 7.23. The van der Waals surface area contributed by atoms with Crippen LogP contribution in [0.5, 0.6) is 17.2 Å². The Balaban J connectivity index is 1.65. The van der Waals surface area contributed by atoms with Crippen molar-refractivity contribution >= 4 is 23.2 Å².